The number of carbonyl (C=O) groups is 1. The van der Waals surface area contributed by atoms with Crippen molar-refractivity contribution in [2.75, 3.05) is 25.0 Å². The van der Waals surface area contributed by atoms with E-state index in [1.165, 1.54) is 0 Å². The van der Waals surface area contributed by atoms with Crippen molar-refractivity contribution in [3.8, 4) is 12.3 Å². The third-order valence-electron chi connectivity index (χ3n) is 6.19. The Hall–Kier alpha value is -3.33. The minimum atomic E-state index is 0.0934. The lowest BCUT2D eigenvalue weighted by atomic mass is 9.60. The summed E-state index contributed by atoms with van der Waals surface area (Å²) < 4.78 is 0. The molecule has 2 aliphatic rings. The molecule has 0 radical (unpaired) electrons. The Morgan fingerprint density at radius 3 is 2.71 bits per heavy atom. The molecule has 6 nitrogen and oxygen atoms in total. The van der Waals surface area contributed by atoms with Crippen molar-refractivity contribution in [2.24, 2.45) is 5.41 Å². The van der Waals surface area contributed by atoms with Crippen LogP contribution in [0.5, 0.6) is 0 Å². The molecule has 3 heterocycles. The fourth-order valence-electron chi connectivity index (χ4n) is 4.58. The number of rotatable bonds is 3. The number of anilines is 1. The summed E-state index contributed by atoms with van der Waals surface area (Å²) in [6.07, 6.45) is 11.0. The summed E-state index contributed by atoms with van der Waals surface area (Å²) in [7, 11) is 2.10. The predicted octanol–water partition coefficient (Wildman–Crippen LogP) is 2.68. The minimum absolute atomic E-state index is 0.0934. The van der Waals surface area contributed by atoms with Crippen LogP contribution in [0.25, 0.3) is 11.0 Å². The Labute approximate surface area is 163 Å². The number of likely N-dealkylation sites (tertiary alicyclic amines) is 1. The molecular weight excluding hydrogens is 350 g/mol. The maximum absolute atomic E-state index is 12.7. The van der Waals surface area contributed by atoms with Gasteiger partial charge in [-0.3, -0.25) is 4.79 Å². The first-order chi connectivity index (χ1) is 13.6. The van der Waals surface area contributed by atoms with E-state index < -0.39 is 0 Å². The van der Waals surface area contributed by atoms with Gasteiger partial charge in [0, 0.05) is 48.9 Å². The maximum atomic E-state index is 12.7. The number of hydrogen-bond donors (Lipinski definition) is 1. The van der Waals surface area contributed by atoms with Crippen LogP contribution in [0, 0.1) is 17.8 Å². The van der Waals surface area contributed by atoms with Crippen LogP contribution in [-0.4, -0.2) is 51.9 Å². The van der Waals surface area contributed by atoms with Crippen molar-refractivity contribution in [2.45, 2.75) is 18.9 Å². The molecule has 1 N–H and O–H groups in total. The highest BCUT2D eigenvalue weighted by atomic mass is 16.2. The van der Waals surface area contributed by atoms with E-state index in [1.54, 1.807) is 6.33 Å². The van der Waals surface area contributed by atoms with Crippen LogP contribution in [0.1, 0.15) is 28.8 Å². The standard InChI is InChI=1S/C22H21N5O/c1-3-15-4-6-16(7-5-15)21(28)27-12-22(13-27)10-17(11-22)26(2)20-18-8-9-23-19(18)24-14-25-20/h1,4-9,14,17H,10-13H2,2H3,(H,23,24,25). The van der Waals surface area contributed by atoms with Crippen molar-refractivity contribution in [3.05, 3.63) is 54.0 Å². The summed E-state index contributed by atoms with van der Waals surface area (Å²) in [5.41, 5.74) is 2.63. The van der Waals surface area contributed by atoms with Gasteiger partial charge < -0.3 is 14.8 Å². The number of terminal acetylenes is 1. The summed E-state index contributed by atoms with van der Waals surface area (Å²) in [6.45, 7) is 1.66. The molecule has 1 aliphatic heterocycles. The van der Waals surface area contributed by atoms with Crippen LogP contribution in [0.15, 0.2) is 42.9 Å². The molecule has 6 heteroatoms. The van der Waals surface area contributed by atoms with Gasteiger partial charge in [-0.1, -0.05) is 5.92 Å². The predicted molar refractivity (Wildman–Crippen MR) is 108 cm³/mol. The fourth-order valence-corrected chi connectivity index (χ4v) is 4.58. The minimum Gasteiger partial charge on any atom is -0.356 e. The van der Waals surface area contributed by atoms with Crippen LogP contribution >= 0.6 is 0 Å². The molecule has 1 aliphatic carbocycles. The number of fused-ring (bicyclic) bond motifs is 1. The second-order valence-electron chi connectivity index (χ2n) is 7.99. The fraction of sp³-hybridized carbons (Fsp3) is 0.318. The first-order valence-corrected chi connectivity index (χ1v) is 9.45. The molecule has 3 aromatic rings. The molecule has 1 aromatic carbocycles. The number of H-pyrrole nitrogens is 1. The van der Waals surface area contributed by atoms with Gasteiger partial charge in [0.2, 0.25) is 0 Å². The lowest BCUT2D eigenvalue weighted by molar-refractivity contribution is -0.0541. The summed E-state index contributed by atoms with van der Waals surface area (Å²) in [4.78, 5) is 28.7. The quantitative estimate of drug-likeness (QED) is 0.719. The van der Waals surface area contributed by atoms with Gasteiger partial charge in [0.05, 0.1) is 5.39 Å². The maximum Gasteiger partial charge on any atom is 0.253 e. The van der Waals surface area contributed by atoms with Gasteiger partial charge in [-0.05, 0) is 43.2 Å². The van der Waals surface area contributed by atoms with Crippen LogP contribution in [-0.2, 0) is 0 Å². The van der Waals surface area contributed by atoms with E-state index in [0.717, 1.165) is 48.3 Å². The van der Waals surface area contributed by atoms with Crippen molar-refractivity contribution in [3.63, 3.8) is 0 Å². The molecule has 28 heavy (non-hydrogen) atoms. The van der Waals surface area contributed by atoms with E-state index >= 15 is 0 Å². The third-order valence-corrected chi connectivity index (χ3v) is 6.19. The van der Waals surface area contributed by atoms with Crippen molar-refractivity contribution in [1.82, 2.24) is 19.9 Å². The number of aromatic nitrogens is 3. The number of benzene rings is 1. The van der Waals surface area contributed by atoms with Gasteiger partial charge in [-0.15, -0.1) is 6.42 Å². The molecule has 2 fully saturated rings. The number of nitrogens with zero attached hydrogens (tertiary/aromatic N) is 4. The molecule has 0 atom stereocenters. The largest absolute Gasteiger partial charge is 0.356 e. The summed E-state index contributed by atoms with van der Waals surface area (Å²) in [6, 6.07) is 9.74. The van der Waals surface area contributed by atoms with Gasteiger partial charge >= 0.3 is 0 Å². The van der Waals surface area contributed by atoms with Gasteiger partial charge in [0.25, 0.3) is 5.91 Å². The van der Waals surface area contributed by atoms with E-state index in [4.69, 9.17) is 6.42 Å². The van der Waals surface area contributed by atoms with Crippen LogP contribution in [0.4, 0.5) is 5.82 Å². The van der Waals surface area contributed by atoms with E-state index in [9.17, 15) is 4.79 Å². The molecule has 5 rings (SSSR count). The van der Waals surface area contributed by atoms with Gasteiger partial charge in [0.1, 0.15) is 17.8 Å². The Morgan fingerprint density at radius 2 is 2.00 bits per heavy atom. The molecule has 2 aromatic heterocycles. The number of nitrogens with one attached hydrogen (secondary N) is 1. The first kappa shape index (κ1) is 16.8. The summed E-state index contributed by atoms with van der Waals surface area (Å²) in [5.74, 6) is 3.64. The lowest BCUT2D eigenvalue weighted by Gasteiger charge is -2.60. The monoisotopic (exact) mass is 371 g/mol. The van der Waals surface area contributed by atoms with Crippen LogP contribution < -0.4 is 4.90 Å². The smallest absolute Gasteiger partial charge is 0.253 e. The molecular formula is C22H21N5O. The average molecular weight is 371 g/mol. The SMILES string of the molecule is C#Cc1ccc(C(=O)N2CC3(CC(N(C)c4ncnc5[nH]ccc45)C3)C2)cc1. The zero-order valence-corrected chi connectivity index (χ0v) is 15.7. The highest BCUT2D eigenvalue weighted by molar-refractivity contribution is 5.95. The highest BCUT2D eigenvalue weighted by Gasteiger charge is 2.54. The van der Waals surface area contributed by atoms with E-state index in [1.807, 2.05) is 41.4 Å². The normalized spacial score (nSPS) is 17.8. The Morgan fingerprint density at radius 1 is 1.25 bits per heavy atom. The van der Waals surface area contributed by atoms with Gasteiger partial charge in [-0.25, -0.2) is 9.97 Å². The van der Waals surface area contributed by atoms with E-state index in [0.29, 0.717) is 11.6 Å². The van der Waals surface area contributed by atoms with E-state index in [2.05, 4.69) is 32.8 Å². The Kier molecular flexibility index (Phi) is 3.66. The first-order valence-electron chi connectivity index (χ1n) is 9.45. The summed E-state index contributed by atoms with van der Waals surface area (Å²) in [5, 5.41) is 1.05. The number of aromatic amines is 1. The van der Waals surface area contributed by atoms with Crippen molar-refractivity contribution >= 4 is 22.8 Å². The highest BCUT2D eigenvalue weighted by Crippen LogP contribution is 2.51. The molecule has 1 saturated carbocycles. The molecule has 0 bridgehead atoms. The Bertz CT molecular complexity index is 1080. The number of hydrogen-bond acceptors (Lipinski definition) is 4. The molecule has 1 saturated heterocycles. The summed E-state index contributed by atoms with van der Waals surface area (Å²) >= 11 is 0. The van der Waals surface area contributed by atoms with Crippen molar-refractivity contribution in [1.29, 1.82) is 0 Å². The number of carbonyl (C=O) groups excluding carboxylic acids is 1. The van der Waals surface area contributed by atoms with Crippen LogP contribution in [0.2, 0.25) is 0 Å². The second kappa shape index (κ2) is 6.10. The molecule has 0 unspecified atom stereocenters. The molecule has 1 amide bonds. The number of amides is 1. The topological polar surface area (TPSA) is 65.1 Å². The van der Waals surface area contributed by atoms with Crippen LogP contribution in [0.3, 0.4) is 0 Å². The van der Waals surface area contributed by atoms with E-state index in [-0.39, 0.29) is 11.3 Å². The second-order valence-corrected chi connectivity index (χ2v) is 7.99. The van der Waals surface area contributed by atoms with Crippen molar-refractivity contribution < 1.29 is 4.79 Å². The average Bonchev–Trinajstić information content (AvgIpc) is 3.14. The van der Waals surface area contributed by atoms with Gasteiger partial charge in [-0.2, -0.15) is 0 Å². The molecule has 1 spiro atoms. The zero-order chi connectivity index (χ0) is 19.3. The third kappa shape index (κ3) is 2.55. The Balaban J connectivity index is 1.21. The zero-order valence-electron chi connectivity index (χ0n) is 15.7. The van der Waals surface area contributed by atoms with Gasteiger partial charge in [0.15, 0.2) is 0 Å². The lowest BCUT2D eigenvalue weighted by Crippen LogP contribution is -2.67. The molecule has 140 valence electrons.